The molecule has 0 radical (unpaired) electrons. The first-order valence-corrected chi connectivity index (χ1v) is 5.92. The van der Waals surface area contributed by atoms with E-state index in [2.05, 4.69) is 10.1 Å². The molecular weight excluding hydrogens is 190 g/mol. The minimum Gasteiger partial charge on any atom is -0.468 e. The summed E-state index contributed by atoms with van der Waals surface area (Å²) in [4.78, 5) is 10.9. The van der Waals surface area contributed by atoms with Crippen molar-refractivity contribution < 1.29 is 13.7 Å². The van der Waals surface area contributed by atoms with Crippen LogP contribution in [0.2, 0.25) is 0 Å². The van der Waals surface area contributed by atoms with Crippen LogP contribution in [0.1, 0.15) is 13.3 Å². The molecule has 0 saturated heterocycles. The molecule has 0 spiro atoms. The Kier molecular flexibility index (Phi) is 6.80. The average Bonchev–Trinajstić information content (AvgIpc) is 2.10. The molecule has 0 rings (SSSR count). The van der Waals surface area contributed by atoms with Crippen LogP contribution in [0.15, 0.2) is 0 Å². The summed E-state index contributed by atoms with van der Waals surface area (Å²) in [6, 6.07) is -0.282. The topological polar surface area (TPSA) is 55.4 Å². The molecule has 0 aliphatic rings. The third-order valence-electron chi connectivity index (χ3n) is 1.61. The van der Waals surface area contributed by atoms with Crippen LogP contribution in [0.4, 0.5) is 0 Å². The van der Waals surface area contributed by atoms with Crippen molar-refractivity contribution in [1.82, 2.24) is 5.32 Å². The van der Waals surface area contributed by atoms with Crippen molar-refractivity contribution in [3.8, 4) is 0 Å². The summed E-state index contributed by atoms with van der Waals surface area (Å²) in [7, 11) is 0.614. The second kappa shape index (κ2) is 7.03. The van der Waals surface area contributed by atoms with Gasteiger partial charge in [-0.1, -0.05) is 0 Å². The molecule has 0 aromatic carbocycles. The number of carbonyl (C=O) groups is 1. The Bertz CT molecular complexity index is 184. The summed E-state index contributed by atoms with van der Waals surface area (Å²) in [5.41, 5.74) is 0. The van der Waals surface area contributed by atoms with Gasteiger partial charge in [-0.05, 0) is 19.9 Å². The minimum absolute atomic E-state index is 0.266. The molecular formula is C8H17NO3S. The van der Waals surface area contributed by atoms with E-state index in [0.717, 1.165) is 6.42 Å². The van der Waals surface area contributed by atoms with Crippen molar-refractivity contribution in [3.05, 3.63) is 0 Å². The predicted molar refractivity (Wildman–Crippen MR) is 53.0 cm³/mol. The lowest BCUT2D eigenvalue weighted by Crippen LogP contribution is -2.35. The summed E-state index contributed by atoms with van der Waals surface area (Å²) >= 11 is 0. The van der Waals surface area contributed by atoms with Crippen LogP contribution in [0.5, 0.6) is 0 Å². The fourth-order valence-electron chi connectivity index (χ4n) is 0.854. The molecule has 0 bridgehead atoms. The largest absolute Gasteiger partial charge is 0.468 e. The Morgan fingerprint density at radius 1 is 1.62 bits per heavy atom. The lowest BCUT2D eigenvalue weighted by atomic mass is 10.3. The number of nitrogens with one attached hydrogen (secondary N) is 1. The highest BCUT2D eigenvalue weighted by Gasteiger charge is 2.10. The first-order chi connectivity index (χ1) is 6.07. The normalized spacial score (nSPS) is 15.0. The quantitative estimate of drug-likeness (QED) is 0.488. The molecule has 0 fully saturated rings. The van der Waals surface area contributed by atoms with E-state index in [4.69, 9.17) is 0 Å². The molecule has 0 saturated carbocycles. The van der Waals surface area contributed by atoms with Crippen LogP contribution >= 0.6 is 0 Å². The Morgan fingerprint density at radius 2 is 2.23 bits per heavy atom. The van der Waals surface area contributed by atoms with Crippen LogP contribution in [0.25, 0.3) is 0 Å². The van der Waals surface area contributed by atoms with E-state index in [1.807, 2.05) is 0 Å². The number of hydrogen-bond donors (Lipinski definition) is 1. The number of carbonyl (C=O) groups excluding carboxylic acids is 1. The molecule has 13 heavy (non-hydrogen) atoms. The highest BCUT2D eigenvalue weighted by molar-refractivity contribution is 7.84. The second-order valence-electron chi connectivity index (χ2n) is 2.83. The van der Waals surface area contributed by atoms with Crippen molar-refractivity contribution in [2.24, 2.45) is 0 Å². The van der Waals surface area contributed by atoms with Crippen LogP contribution in [-0.2, 0) is 20.3 Å². The molecule has 1 N–H and O–H groups in total. The molecule has 0 heterocycles. The number of esters is 1. The van der Waals surface area contributed by atoms with Gasteiger partial charge in [0.2, 0.25) is 0 Å². The lowest BCUT2D eigenvalue weighted by molar-refractivity contribution is -0.142. The summed E-state index contributed by atoms with van der Waals surface area (Å²) < 4.78 is 15.2. The maximum atomic E-state index is 10.9. The standard InChI is InChI=1S/C8H17NO3S/c1-7(8(10)12-2)9-5-4-6-13(3)11/h7,9H,4-6H2,1-3H3. The van der Waals surface area contributed by atoms with Gasteiger partial charge in [0.25, 0.3) is 0 Å². The SMILES string of the molecule is COC(=O)C(C)NCCCS(C)=O. The molecule has 0 aliphatic carbocycles. The van der Waals surface area contributed by atoms with Crippen LogP contribution in [-0.4, -0.2) is 41.9 Å². The molecule has 0 aliphatic heterocycles. The first kappa shape index (κ1) is 12.6. The molecule has 2 unspecified atom stereocenters. The molecule has 78 valence electrons. The van der Waals surface area contributed by atoms with Gasteiger partial charge in [0, 0.05) is 22.8 Å². The van der Waals surface area contributed by atoms with Gasteiger partial charge in [-0.2, -0.15) is 0 Å². The van der Waals surface area contributed by atoms with Gasteiger partial charge in [-0.15, -0.1) is 0 Å². The lowest BCUT2D eigenvalue weighted by Gasteiger charge is -2.10. The summed E-state index contributed by atoms with van der Waals surface area (Å²) in [6.07, 6.45) is 2.48. The molecule has 2 atom stereocenters. The third-order valence-corrected chi connectivity index (χ3v) is 2.48. The van der Waals surface area contributed by atoms with E-state index in [1.165, 1.54) is 7.11 Å². The van der Waals surface area contributed by atoms with E-state index in [-0.39, 0.29) is 12.0 Å². The van der Waals surface area contributed by atoms with Crippen molar-refractivity contribution >= 4 is 16.8 Å². The predicted octanol–water partition coefficient (Wildman–Crippen LogP) is -0.0939. The number of hydrogen-bond acceptors (Lipinski definition) is 4. The number of rotatable bonds is 6. The number of methoxy groups -OCH3 is 1. The fraction of sp³-hybridized carbons (Fsp3) is 0.875. The fourth-order valence-corrected chi connectivity index (χ4v) is 1.40. The van der Waals surface area contributed by atoms with Gasteiger partial charge in [-0.3, -0.25) is 9.00 Å². The minimum atomic E-state index is -0.749. The van der Waals surface area contributed by atoms with Gasteiger partial charge in [0.1, 0.15) is 6.04 Å². The van der Waals surface area contributed by atoms with Gasteiger partial charge in [0.15, 0.2) is 0 Å². The average molecular weight is 207 g/mol. The Labute approximate surface area is 81.5 Å². The van der Waals surface area contributed by atoms with Crippen molar-refractivity contribution in [1.29, 1.82) is 0 Å². The Hall–Kier alpha value is -0.420. The molecule has 0 amide bonds. The van der Waals surface area contributed by atoms with Gasteiger partial charge >= 0.3 is 5.97 Å². The van der Waals surface area contributed by atoms with Crippen LogP contribution < -0.4 is 5.32 Å². The zero-order chi connectivity index (χ0) is 10.3. The van der Waals surface area contributed by atoms with Crippen LogP contribution in [0, 0.1) is 0 Å². The summed E-state index contributed by atoms with van der Waals surface area (Å²) in [6.45, 7) is 2.44. The number of ether oxygens (including phenoxy) is 1. The van der Waals surface area contributed by atoms with Crippen molar-refractivity contribution in [2.75, 3.05) is 25.7 Å². The molecule has 0 aromatic heterocycles. The highest BCUT2D eigenvalue weighted by atomic mass is 32.2. The highest BCUT2D eigenvalue weighted by Crippen LogP contribution is 1.87. The summed E-state index contributed by atoms with van der Waals surface area (Å²) in [5, 5.41) is 2.98. The van der Waals surface area contributed by atoms with Crippen molar-refractivity contribution in [3.63, 3.8) is 0 Å². The van der Waals surface area contributed by atoms with Gasteiger partial charge < -0.3 is 10.1 Å². The Balaban J connectivity index is 3.42. The zero-order valence-electron chi connectivity index (χ0n) is 8.33. The van der Waals surface area contributed by atoms with E-state index in [9.17, 15) is 9.00 Å². The zero-order valence-corrected chi connectivity index (χ0v) is 9.15. The van der Waals surface area contributed by atoms with Crippen molar-refractivity contribution in [2.45, 2.75) is 19.4 Å². The smallest absolute Gasteiger partial charge is 0.322 e. The maximum Gasteiger partial charge on any atom is 0.322 e. The monoisotopic (exact) mass is 207 g/mol. The van der Waals surface area contributed by atoms with Gasteiger partial charge in [0.05, 0.1) is 7.11 Å². The third kappa shape index (κ3) is 6.72. The maximum absolute atomic E-state index is 10.9. The van der Waals surface area contributed by atoms with E-state index in [1.54, 1.807) is 13.2 Å². The van der Waals surface area contributed by atoms with Gasteiger partial charge in [-0.25, -0.2) is 0 Å². The summed E-state index contributed by atoms with van der Waals surface area (Å²) in [5.74, 6) is 0.401. The van der Waals surface area contributed by atoms with Crippen LogP contribution in [0.3, 0.4) is 0 Å². The molecule has 4 nitrogen and oxygen atoms in total. The molecule has 5 heteroatoms. The second-order valence-corrected chi connectivity index (χ2v) is 4.38. The Morgan fingerprint density at radius 3 is 2.69 bits per heavy atom. The first-order valence-electron chi connectivity index (χ1n) is 4.19. The van der Waals surface area contributed by atoms with E-state index < -0.39 is 10.8 Å². The molecule has 0 aromatic rings. The van der Waals surface area contributed by atoms with E-state index >= 15 is 0 Å². The van der Waals surface area contributed by atoms with E-state index in [0.29, 0.717) is 12.3 Å².